The number of amides is 2. The summed E-state index contributed by atoms with van der Waals surface area (Å²) >= 11 is 0. The van der Waals surface area contributed by atoms with Crippen LogP contribution < -0.4 is 10.6 Å². The van der Waals surface area contributed by atoms with Crippen molar-refractivity contribution < 1.29 is 37.0 Å². The lowest BCUT2D eigenvalue weighted by Gasteiger charge is -2.44. The number of esters is 1. The van der Waals surface area contributed by atoms with Crippen molar-refractivity contribution in [1.82, 2.24) is 10.6 Å². The summed E-state index contributed by atoms with van der Waals surface area (Å²) in [6, 6.07) is 1.33. The minimum Gasteiger partial charge on any atom is -0.466 e. The number of rotatable bonds is 3. The van der Waals surface area contributed by atoms with E-state index in [0.29, 0.717) is 0 Å². The van der Waals surface area contributed by atoms with E-state index in [4.69, 9.17) is 0 Å². The summed E-state index contributed by atoms with van der Waals surface area (Å²) in [5.74, 6) is -4.44. The fraction of sp³-hybridized carbons (Fsp3) is 0.429. The van der Waals surface area contributed by atoms with Gasteiger partial charge in [0.05, 0.1) is 12.6 Å². The first-order valence-electron chi connectivity index (χ1n) is 6.90. The van der Waals surface area contributed by atoms with E-state index in [9.17, 15) is 32.3 Å². The molecule has 1 saturated heterocycles. The van der Waals surface area contributed by atoms with Crippen molar-refractivity contribution in [3.8, 4) is 0 Å². The van der Waals surface area contributed by atoms with Crippen molar-refractivity contribution in [3.63, 3.8) is 0 Å². The molecule has 24 heavy (non-hydrogen) atoms. The van der Waals surface area contributed by atoms with Gasteiger partial charge >= 0.3 is 18.2 Å². The molecule has 0 aliphatic carbocycles. The second-order valence-corrected chi connectivity index (χ2v) is 5.12. The van der Waals surface area contributed by atoms with Gasteiger partial charge in [0.25, 0.3) is 5.72 Å². The molecular formula is C14H14F4N2O4. The van der Waals surface area contributed by atoms with Gasteiger partial charge in [0.15, 0.2) is 0 Å². The minimum absolute atomic E-state index is 0.120. The number of carbonyl (C=O) groups is 2. The summed E-state index contributed by atoms with van der Waals surface area (Å²) in [7, 11) is 0. The average Bonchev–Trinajstić information content (AvgIpc) is 2.45. The number of hydrogen-bond donors (Lipinski definition) is 3. The van der Waals surface area contributed by atoms with Crippen molar-refractivity contribution in [2.45, 2.75) is 24.9 Å². The average molecular weight is 350 g/mol. The van der Waals surface area contributed by atoms with Crippen LogP contribution in [0.4, 0.5) is 22.4 Å². The molecule has 2 rings (SSSR count). The lowest BCUT2D eigenvalue weighted by atomic mass is 9.82. The van der Waals surface area contributed by atoms with Gasteiger partial charge in [-0.2, -0.15) is 13.2 Å². The van der Waals surface area contributed by atoms with Gasteiger partial charge in [-0.15, -0.1) is 0 Å². The Kier molecular flexibility index (Phi) is 4.70. The van der Waals surface area contributed by atoms with Crippen molar-refractivity contribution in [2.75, 3.05) is 6.61 Å². The van der Waals surface area contributed by atoms with E-state index in [0.717, 1.165) is 12.1 Å². The monoisotopic (exact) mass is 350 g/mol. The molecule has 6 nitrogen and oxygen atoms in total. The molecule has 0 spiro atoms. The Balaban J connectivity index is 2.57. The SMILES string of the molecule is CCOC(=O)[C@@H]1[C@@H](c2cccc(F)c2)NC(=O)N[C@@]1(O)C(F)(F)F. The normalized spacial score (nSPS) is 27.2. The molecule has 1 fully saturated rings. The lowest BCUT2D eigenvalue weighted by Crippen LogP contribution is -2.73. The third-order valence-corrected chi connectivity index (χ3v) is 3.55. The van der Waals surface area contributed by atoms with E-state index in [-0.39, 0.29) is 12.2 Å². The number of benzene rings is 1. The van der Waals surface area contributed by atoms with Crippen molar-refractivity contribution in [3.05, 3.63) is 35.6 Å². The van der Waals surface area contributed by atoms with Crippen molar-refractivity contribution in [1.29, 1.82) is 0 Å². The molecule has 1 aliphatic heterocycles. The Morgan fingerprint density at radius 1 is 1.42 bits per heavy atom. The fourth-order valence-corrected chi connectivity index (χ4v) is 2.51. The maximum Gasteiger partial charge on any atom is 0.437 e. The molecule has 132 valence electrons. The number of ether oxygens (including phenoxy) is 1. The highest BCUT2D eigenvalue weighted by Gasteiger charge is 2.67. The topological polar surface area (TPSA) is 87.7 Å². The number of carbonyl (C=O) groups excluding carboxylic acids is 2. The first-order chi connectivity index (χ1) is 11.1. The third kappa shape index (κ3) is 3.14. The van der Waals surface area contributed by atoms with Crippen LogP contribution in [-0.2, 0) is 9.53 Å². The summed E-state index contributed by atoms with van der Waals surface area (Å²) in [5.41, 5.74) is -3.98. The van der Waals surface area contributed by atoms with Crippen LogP contribution in [-0.4, -0.2) is 35.6 Å². The molecule has 0 unspecified atom stereocenters. The third-order valence-electron chi connectivity index (χ3n) is 3.55. The molecular weight excluding hydrogens is 336 g/mol. The molecule has 0 bridgehead atoms. The Hall–Kier alpha value is -2.36. The molecule has 0 aromatic heterocycles. The van der Waals surface area contributed by atoms with Crippen LogP contribution in [0.15, 0.2) is 24.3 Å². The zero-order chi connectivity index (χ0) is 18.1. The number of nitrogens with one attached hydrogen (secondary N) is 2. The van der Waals surface area contributed by atoms with Crippen LogP contribution in [0.3, 0.4) is 0 Å². The second-order valence-electron chi connectivity index (χ2n) is 5.12. The van der Waals surface area contributed by atoms with Gasteiger partial charge in [-0.05, 0) is 24.6 Å². The fourth-order valence-electron chi connectivity index (χ4n) is 2.51. The smallest absolute Gasteiger partial charge is 0.437 e. The zero-order valence-electron chi connectivity index (χ0n) is 12.4. The number of aliphatic hydroxyl groups is 1. The zero-order valence-corrected chi connectivity index (χ0v) is 12.4. The molecule has 2 amide bonds. The molecule has 1 aliphatic rings. The molecule has 0 saturated carbocycles. The van der Waals surface area contributed by atoms with Crippen LogP contribution in [0.1, 0.15) is 18.5 Å². The van der Waals surface area contributed by atoms with Gasteiger partial charge in [0.2, 0.25) is 0 Å². The maximum absolute atomic E-state index is 13.4. The lowest BCUT2D eigenvalue weighted by molar-refractivity contribution is -0.294. The number of halogens is 4. The minimum atomic E-state index is -5.37. The standard InChI is InChI=1S/C14H14F4N2O4/c1-2-24-11(21)9-10(7-4-3-5-8(15)6-7)19-12(22)20-13(9,23)14(16,17)18/h3-6,9-10,23H,2H2,1H3,(H2,19,20,22)/t9-,10+,13-/m0/s1. The van der Waals surface area contributed by atoms with E-state index in [1.807, 2.05) is 0 Å². The molecule has 3 atom stereocenters. The predicted octanol–water partition coefficient (Wildman–Crippen LogP) is 1.61. The van der Waals surface area contributed by atoms with Gasteiger partial charge in [-0.1, -0.05) is 12.1 Å². The highest BCUT2D eigenvalue weighted by molar-refractivity contribution is 5.83. The van der Waals surface area contributed by atoms with E-state index < -0.39 is 41.7 Å². The highest BCUT2D eigenvalue weighted by atomic mass is 19.4. The summed E-state index contributed by atoms with van der Waals surface area (Å²) < 4.78 is 58.0. The van der Waals surface area contributed by atoms with E-state index in [2.05, 4.69) is 10.1 Å². The van der Waals surface area contributed by atoms with E-state index in [1.165, 1.54) is 24.4 Å². The molecule has 10 heteroatoms. The van der Waals surface area contributed by atoms with Gasteiger partial charge in [0, 0.05) is 0 Å². The Morgan fingerprint density at radius 3 is 2.62 bits per heavy atom. The Labute approximate surface area is 133 Å². The van der Waals surface area contributed by atoms with Crippen molar-refractivity contribution in [2.24, 2.45) is 5.92 Å². The molecule has 1 aromatic rings. The first kappa shape index (κ1) is 18.0. The quantitative estimate of drug-likeness (QED) is 0.571. The first-order valence-corrected chi connectivity index (χ1v) is 6.90. The van der Waals surface area contributed by atoms with Crippen LogP contribution in [0.5, 0.6) is 0 Å². The maximum atomic E-state index is 13.4. The second kappa shape index (κ2) is 6.27. The van der Waals surface area contributed by atoms with Crippen LogP contribution in [0.2, 0.25) is 0 Å². The number of hydrogen-bond acceptors (Lipinski definition) is 4. The number of urea groups is 1. The van der Waals surface area contributed by atoms with Crippen LogP contribution >= 0.6 is 0 Å². The summed E-state index contributed by atoms with van der Waals surface area (Å²) in [4.78, 5) is 23.7. The Bertz CT molecular complexity index is 652. The van der Waals surface area contributed by atoms with Crippen LogP contribution in [0.25, 0.3) is 0 Å². The molecule has 0 radical (unpaired) electrons. The van der Waals surface area contributed by atoms with Gasteiger partial charge in [0.1, 0.15) is 11.7 Å². The van der Waals surface area contributed by atoms with E-state index in [1.54, 1.807) is 0 Å². The van der Waals surface area contributed by atoms with Gasteiger partial charge in [-0.3, -0.25) is 4.79 Å². The predicted molar refractivity (Wildman–Crippen MR) is 71.9 cm³/mol. The molecule has 1 heterocycles. The van der Waals surface area contributed by atoms with Crippen LogP contribution in [0, 0.1) is 11.7 Å². The summed E-state index contributed by atoms with van der Waals surface area (Å²) in [5, 5.41) is 13.5. The van der Waals surface area contributed by atoms with E-state index >= 15 is 0 Å². The van der Waals surface area contributed by atoms with Gasteiger partial charge in [-0.25, -0.2) is 9.18 Å². The number of alkyl halides is 3. The summed E-state index contributed by atoms with van der Waals surface area (Å²) in [6.07, 6.45) is -5.37. The largest absolute Gasteiger partial charge is 0.466 e. The van der Waals surface area contributed by atoms with Gasteiger partial charge < -0.3 is 20.5 Å². The summed E-state index contributed by atoms with van der Waals surface area (Å²) in [6.45, 7) is 1.13. The highest BCUT2D eigenvalue weighted by Crippen LogP contribution is 2.43. The van der Waals surface area contributed by atoms with Crippen molar-refractivity contribution >= 4 is 12.0 Å². The molecule has 3 N–H and O–H groups in total. The molecule has 1 aromatic carbocycles. The Morgan fingerprint density at radius 2 is 2.08 bits per heavy atom.